The van der Waals surface area contributed by atoms with E-state index in [0.29, 0.717) is 11.3 Å². The largest absolute Gasteiger partial charge is 0.345 e. The number of carbonyl (C=O) groups is 2. The fourth-order valence-electron chi connectivity index (χ4n) is 1.27. The lowest BCUT2D eigenvalue weighted by Crippen LogP contribution is -2.33. The predicted octanol–water partition coefficient (Wildman–Crippen LogP) is 0.674. The Labute approximate surface area is 101 Å². The Morgan fingerprint density at radius 3 is 2.41 bits per heavy atom. The van der Waals surface area contributed by atoms with Crippen LogP contribution in [0.1, 0.15) is 17.3 Å². The number of hydrogen-bond donors (Lipinski definition) is 2. The highest BCUT2D eigenvalue weighted by atomic mass is 16.2. The molecule has 17 heavy (non-hydrogen) atoms. The molecular formula is C12H17N3O2. The molecule has 0 radical (unpaired) electrons. The molecule has 0 aliphatic carbocycles. The van der Waals surface area contributed by atoms with Gasteiger partial charge in [0.25, 0.3) is 5.91 Å². The highest BCUT2D eigenvalue weighted by Gasteiger charge is 2.15. The molecule has 0 saturated heterocycles. The summed E-state index contributed by atoms with van der Waals surface area (Å²) in [5.74, 6) is -0.477. The van der Waals surface area contributed by atoms with Crippen LogP contribution in [0.25, 0.3) is 0 Å². The first kappa shape index (κ1) is 13.2. The van der Waals surface area contributed by atoms with Crippen molar-refractivity contribution in [3.05, 3.63) is 29.8 Å². The fourth-order valence-corrected chi connectivity index (χ4v) is 1.27. The molecule has 92 valence electrons. The number of carbonyl (C=O) groups excluding carboxylic acids is 2. The van der Waals surface area contributed by atoms with Crippen LogP contribution in [0.5, 0.6) is 0 Å². The van der Waals surface area contributed by atoms with E-state index in [9.17, 15) is 9.59 Å². The molecule has 1 aromatic carbocycles. The maximum Gasteiger partial charge on any atom is 0.255 e. The van der Waals surface area contributed by atoms with Gasteiger partial charge in [-0.05, 0) is 19.1 Å². The van der Waals surface area contributed by atoms with Crippen LogP contribution in [-0.2, 0) is 4.79 Å². The molecule has 1 aromatic rings. The average Bonchev–Trinajstić information content (AvgIpc) is 2.28. The normalized spacial score (nSPS) is 11.8. The van der Waals surface area contributed by atoms with Crippen LogP contribution in [0.4, 0.5) is 5.69 Å². The quantitative estimate of drug-likeness (QED) is 0.808. The first-order chi connectivity index (χ1) is 7.93. The molecule has 0 aromatic heterocycles. The molecule has 0 spiro atoms. The van der Waals surface area contributed by atoms with Crippen LogP contribution in [0.2, 0.25) is 0 Å². The van der Waals surface area contributed by atoms with Crippen LogP contribution in [0, 0.1) is 0 Å². The number of para-hydroxylation sites is 1. The molecule has 3 N–H and O–H groups in total. The molecule has 0 fully saturated rings. The van der Waals surface area contributed by atoms with Gasteiger partial charge in [-0.2, -0.15) is 0 Å². The van der Waals surface area contributed by atoms with Crippen LogP contribution < -0.4 is 11.1 Å². The van der Waals surface area contributed by atoms with Crippen molar-refractivity contribution in [2.45, 2.75) is 13.0 Å². The highest BCUT2D eigenvalue weighted by Crippen LogP contribution is 2.16. The van der Waals surface area contributed by atoms with E-state index in [1.54, 1.807) is 45.3 Å². The molecule has 1 rings (SSSR count). The van der Waals surface area contributed by atoms with Gasteiger partial charge in [-0.15, -0.1) is 0 Å². The van der Waals surface area contributed by atoms with Crippen molar-refractivity contribution in [2.24, 2.45) is 5.73 Å². The van der Waals surface area contributed by atoms with Gasteiger partial charge in [0.1, 0.15) is 0 Å². The topological polar surface area (TPSA) is 75.4 Å². The molecule has 2 amide bonds. The second kappa shape index (κ2) is 5.45. The molecule has 0 bridgehead atoms. The van der Waals surface area contributed by atoms with Crippen LogP contribution in [0.3, 0.4) is 0 Å². The Hall–Kier alpha value is -1.88. The number of rotatable bonds is 3. The number of hydrogen-bond acceptors (Lipinski definition) is 3. The van der Waals surface area contributed by atoms with Crippen molar-refractivity contribution in [3.8, 4) is 0 Å². The highest BCUT2D eigenvalue weighted by molar-refractivity contribution is 6.04. The van der Waals surface area contributed by atoms with Gasteiger partial charge >= 0.3 is 0 Å². The van der Waals surface area contributed by atoms with E-state index in [4.69, 9.17) is 5.73 Å². The Morgan fingerprint density at radius 2 is 1.88 bits per heavy atom. The fraction of sp³-hybridized carbons (Fsp3) is 0.333. The summed E-state index contributed by atoms with van der Waals surface area (Å²) in [5, 5.41) is 2.63. The van der Waals surface area contributed by atoms with Gasteiger partial charge in [-0.1, -0.05) is 12.1 Å². The SMILES string of the molecule is C[C@H](N)C(=O)Nc1ccccc1C(=O)N(C)C. The first-order valence-corrected chi connectivity index (χ1v) is 5.30. The zero-order chi connectivity index (χ0) is 13.0. The number of nitrogens with one attached hydrogen (secondary N) is 1. The minimum Gasteiger partial charge on any atom is -0.345 e. The summed E-state index contributed by atoms with van der Waals surface area (Å²) in [5.41, 5.74) is 6.39. The van der Waals surface area contributed by atoms with E-state index in [-0.39, 0.29) is 11.8 Å². The lowest BCUT2D eigenvalue weighted by molar-refractivity contribution is -0.117. The van der Waals surface area contributed by atoms with Crippen LogP contribution in [-0.4, -0.2) is 36.9 Å². The summed E-state index contributed by atoms with van der Waals surface area (Å²) < 4.78 is 0. The summed E-state index contributed by atoms with van der Waals surface area (Å²) in [4.78, 5) is 24.8. The van der Waals surface area contributed by atoms with Crippen molar-refractivity contribution >= 4 is 17.5 Å². The maximum atomic E-state index is 11.9. The maximum absolute atomic E-state index is 11.9. The Morgan fingerprint density at radius 1 is 1.29 bits per heavy atom. The number of nitrogens with zero attached hydrogens (tertiary/aromatic N) is 1. The molecule has 5 nitrogen and oxygen atoms in total. The van der Waals surface area contributed by atoms with Crippen molar-refractivity contribution in [2.75, 3.05) is 19.4 Å². The molecule has 0 saturated carbocycles. The Balaban J connectivity index is 3.00. The molecular weight excluding hydrogens is 218 g/mol. The molecule has 5 heteroatoms. The summed E-state index contributed by atoms with van der Waals surface area (Å²) in [6, 6.07) is 6.23. The molecule has 0 aliphatic heterocycles. The van der Waals surface area contributed by atoms with E-state index in [1.807, 2.05) is 0 Å². The van der Waals surface area contributed by atoms with Crippen LogP contribution >= 0.6 is 0 Å². The van der Waals surface area contributed by atoms with Gasteiger partial charge in [-0.3, -0.25) is 9.59 Å². The average molecular weight is 235 g/mol. The van der Waals surface area contributed by atoms with Crippen molar-refractivity contribution in [1.82, 2.24) is 4.90 Å². The third kappa shape index (κ3) is 3.29. The van der Waals surface area contributed by atoms with Gasteiger partial charge in [0.15, 0.2) is 0 Å². The summed E-state index contributed by atoms with van der Waals surface area (Å²) in [7, 11) is 3.32. The minimum absolute atomic E-state index is 0.162. The monoisotopic (exact) mass is 235 g/mol. The Bertz CT molecular complexity index is 428. The standard InChI is InChI=1S/C12H17N3O2/c1-8(13)11(16)14-10-7-5-4-6-9(10)12(17)15(2)3/h4-8H,13H2,1-3H3,(H,14,16)/t8-/m0/s1. The number of nitrogens with two attached hydrogens (primary N) is 1. The van der Waals surface area contributed by atoms with Gasteiger partial charge < -0.3 is 16.0 Å². The van der Waals surface area contributed by atoms with E-state index in [1.165, 1.54) is 4.90 Å². The molecule has 1 atom stereocenters. The second-order valence-electron chi connectivity index (χ2n) is 4.02. The lowest BCUT2D eigenvalue weighted by atomic mass is 10.1. The van der Waals surface area contributed by atoms with Crippen molar-refractivity contribution in [1.29, 1.82) is 0 Å². The van der Waals surface area contributed by atoms with Gasteiger partial charge in [0.05, 0.1) is 17.3 Å². The van der Waals surface area contributed by atoms with Gasteiger partial charge in [-0.25, -0.2) is 0 Å². The van der Waals surface area contributed by atoms with E-state index >= 15 is 0 Å². The van der Waals surface area contributed by atoms with E-state index < -0.39 is 6.04 Å². The number of anilines is 1. The van der Waals surface area contributed by atoms with E-state index in [2.05, 4.69) is 5.32 Å². The zero-order valence-electron chi connectivity index (χ0n) is 10.2. The second-order valence-corrected chi connectivity index (χ2v) is 4.02. The van der Waals surface area contributed by atoms with Gasteiger partial charge in [0.2, 0.25) is 5.91 Å². The lowest BCUT2D eigenvalue weighted by Gasteiger charge is -2.15. The van der Waals surface area contributed by atoms with E-state index in [0.717, 1.165) is 0 Å². The Kier molecular flexibility index (Phi) is 4.23. The predicted molar refractivity (Wildman–Crippen MR) is 66.7 cm³/mol. The summed E-state index contributed by atoms with van der Waals surface area (Å²) in [6.45, 7) is 1.59. The first-order valence-electron chi connectivity index (χ1n) is 5.30. The molecule has 0 heterocycles. The third-order valence-electron chi connectivity index (χ3n) is 2.24. The summed E-state index contributed by atoms with van der Waals surface area (Å²) >= 11 is 0. The number of amides is 2. The van der Waals surface area contributed by atoms with Crippen molar-refractivity contribution < 1.29 is 9.59 Å². The molecule has 0 unspecified atom stereocenters. The summed E-state index contributed by atoms with van der Waals surface area (Å²) in [6.07, 6.45) is 0. The number of benzene rings is 1. The van der Waals surface area contributed by atoms with Gasteiger partial charge in [0, 0.05) is 14.1 Å². The van der Waals surface area contributed by atoms with Crippen LogP contribution in [0.15, 0.2) is 24.3 Å². The third-order valence-corrected chi connectivity index (χ3v) is 2.24. The molecule has 0 aliphatic rings. The minimum atomic E-state index is -0.613. The smallest absolute Gasteiger partial charge is 0.255 e. The van der Waals surface area contributed by atoms with Crippen molar-refractivity contribution in [3.63, 3.8) is 0 Å². The zero-order valence-corrected chi connectivity index (χ0v) is 10.2.